The van der Waals surface area contributed by atoms with E-state index < -0.39 is 30.3 Å². The minimum Gasteiger partial charge on any atom is -0.481 e. The standard InChI is InChI=1S/C11H11BrFNO4/c1-6(11(16)17)14-10(15)5-18-9-3-2-7(12)4-8(9)13/h2-4,6H,5H2,1H3,(H,14,15)(H,16,17)/t6-/m0/s1. The maximum Gasteiger partial charge on any atom is 0.325 e. The van der Waals surface area contributed by atoms with E-state index in [9.17, 15) is 14.0 Å². The molecule has 0 bridgehead atoms. The van der Waals surface area contributed by atoms with Gasteiger partial charge in [-0.1, -0.05) is 15.9 Å². The molecule has 0 aliphatic heterocycles. The number of aliphatic carboxylic acids is 1. The lowest BCUT2D eigenvalue weighted by Gasteiger charge is -2.10. The highest BCUT2D eigenvalue weighted by Crippen LogP contribution is 2.21. The highest BCUT2D eigenvalue weighted by molar-refractivity contribution is 9.10. The summed E-state index contributed by atoms with van der Waals surface area (Å²) in [5.74, 6) is -2.47. The molecule has 0 fully saturated rings. The van der Waals surface area contributed by atoms with Gasteiger partial charge in [0.2, 0.25) is 0 Å². The fraction of sp³-hybridized carbons (Fsp3) is 0.273. The van der Waals surface area contributed by atoms with Gasteiger partial charge in [0.05, 0.1) is 0 Å². The Labute approximate surface area is 111 Å². The molecule has 5 nitrogen and oxygen atoms in total. The molecule has 0 aliphatic rings. The van der Waals surface area contributed by atoms with Gasteiger partial charge in [0.1, 0.15) is 6.04 Å². The molecule has 1 rings (SSSR count). The van der Waals surface area contributed by atoms with Crippen LogP contribution in [0.3, 0.4) is 0 Å². The molecule has 0 heterocycles. The summed E-state index contributed by atoms with van der Waals surface area (Å²) in [6.07, 6.45) is 0. The van der Waals surface area contributed by atoms with Crippen molar-refractivity contribution in [1.82, 2.24) is 5.32 Å². The maximum atomic E-state index is 13.3. The van der Waals surface area contributed by atoms with Crippen LogP contribution in [0.1, 0.15) is 6.92 Å². The fourth-order valence-electron chi connectivity index (χ4n) is 1.08. The zero-order valence-electron chi connectivity index (χ0n) is 9.44. The number of amides is 1. The van der Waals surface area contributed by atoms with Crippen LogP contribution in [0.2, 0.25) is 0 Å². The van der Waals surface area contributed by atoms with Crippen molar-refractivity contribution in [1.29, 1.82) is 0 Å². The van der Waals surface area contributed by atoms with Crippen LogP contribution in [-0.2, 0) is 9.59 Å². The summed E-state index contributed by atoms with van der Waals surface area (Å²) in [5, 5.41) is 10.8. The molecule has 0 unspecified atom stereocenters. The van der Waals surface area contributed by atoms with Crippen LogP contribution in [0.5, 0.6) is 5.75 Å². The largest absolute Gasteiger partial charge is 0.481 e. The van der Waals surface area contributed by atoms with Crippen molar-refractivity contribution < 1.29 is 23.8 Å². The van der Waals surface area contributed by atoms with Crippen molar-refractivity contribution in [2.75, 3.05) is 6.61 Å². The summed E-state index contributed by atoms with van der Waals surface area (Å²) >= 11 is 3.08. The van der Waals surface area contributed by atoms with Crippen LogP contribution in [-0.4, -0.2) is 29.6 Å². The molecule has 0 radical (unpaired) electrons. The molecule has 1 atom stereocenters. The highest BCUT2D eigenvalue weighted by atomic mass is 79.9. The summed E-state index contributed by atoms with van der Waals surface area (Å²) in [4.78, 5) is 21.8. The Morgan fingerprint density at radius 2 is 2.22 bits per heavy atom. The van der Waals surface area contributed by atoms with Gasteiger partial charge in [0, 0.05) is 4.47 Å². The first-order chi connectivity index (χ1) is 8.40. The Kier molecular flexibility index (Phi) is 5.08. The number of hydrogen-bond donors (Lipinski definition) is 2. The summed E-state index contributed by atoms with van der Waals surface area (Å²) in [5.41, 5.74) is 0. The van der Waals surface area contributed by atoms with Gasteiger partial charge in [0.25, 0.3) is 5.91 Å². The monoisotopic (exact) mass is 319 g/mol. The number of carboxylic acid groups (broad SMARTS) is 1. The van der Waals surface area contributed by atoms with Gasteiger partial charge in [0.15, 0.2) is 18.2 Å². The Balaban J connectivity index is 2.50. The number of benzene rings is 1. The topological polar surface area (TPSA) is 75.6 Å². The SMILES string of the molecule is C[C@H](NC(=O)COc1ccc(Br)cc1F)C(=O)O. The van der Waals surface area contributed by atoms with Crippen LogP contribution >= 0.6 is 15.9 Å². The van der Waals surface area contributed by atoms with Crippen molar-refractivity contribution in [2.24, 2.45) is 0 Å². The summed E-state index contributed by atoms with van der Waals surface area (Å²) in [6.45, 7) is 0.872. The minimum atomic E-state index is -1.15. The van der Waals surface area contributed by atoms with Crippen LogP contribution in [0, 0.1) is 5.82 Å². The van der Waals surface area contributed by atoms with E-state index in [1.807, 2.05) is 0 Å². The van der Waals surface area contributed by atoms with E-state index in [1.165, 1.54) is 19.1 Å². The zero-order valence-corrected chi connectivity index (χ0v) is 11.0. The van der Waals surface area contributed by atoms with Crippen LogP contribution in [0.15, 0.2) is 22.7 Å². The smallest absolute Gasteiger partial charge is 0.325 e. The second-order valence-electron chi connectivity index (χ2n) is 3.49. The number of carbonyl (C=O) groups excluding carboxylic acids is 1. The third-order valence-electron chi connectivity index (χ3n) is 2.00. The van der Waals surface area contributed by atoms with Gasteiger partial charge >= 0.3 is 5.97 Å². The van der Waals surface area contributed by atoms with E-state index >= 15 is 0 Å². The average molecular weight is 320 g/mol. The molecular weight excluding hydrogens is 309 g/mol. The number of rotatable bonds is 5. The van der Waals surface area contributed by atoms with Gasteiger partial charge in [-0.05, 0) is 25.1 Å². The normalized spacial score (nSPS) is 11.7. The lowest BCUT2D eigenvalue weighted by Crippen LogP contribution is -2.40. The summed E-state index contributed by atoms with van der Waals surface area (Å²) in [6, 6.07) is 3.12. The Hall–Kier alpha value is -1.63. The molecule has 7 heteroatoms. The molecule has 0 spiro atoms. The van der Waals surface area contributed by atoms with Gasteiger partial charge < -0.3 is 15.2 Å². The van der Waals surface area contributed by atoms with Gasteiger partial charge in [-0.15, -0.1) is 0 Å². The molecule has 0 saturated heterocycles. The van der Waals surface area contributed by atoms with Crippen LogP contribution in [0.4, 0.5) is 4.39 Å². The van der Waals surface area contributed by atoms with E-state index in [-0.39, 0.29) is 5.75 Å². The number of nitrogens with one attached hydrogen (secondary N) is 1. The van der Waals surface area contributed by atoms with Crippen molar-refractivity contribution in [3.05, 3.63) is 28.5 Å². The number of carboxylic acids is 1. The lowest BCUT2D eigenvalue weighted by molar-refractivity contribution is -0.141. The van der Waals surface area contributed by atoms with E-state index in [0.717, 1.165) is 0 Å². The number of hydrogen-bond acceptors (Lipinski definition) is 3. The molecule has 0 aliphatic carbocycles. The van der Waals surface area contributed by atoms with Crippen LogP contribution < -0.4 is 10.1 Å². The first-order valence-corrected chi connectivity index (χ1v) is 5.79. The molecular formula is C11H11BrFNO4. The third kappa shape index (κ3) is 4.33. The maximum absolute atomic E-state index is 13.3. The van der Waals surface area contributed by atoms with Gasteiger partial charge in [-0.3, -0.25) is 9.59 Å². The molecule has 1 aromatic rings. The molecule has 18 heavy (non-hydrogen) atoms. The second-order valence-corrected chi connectivity index (χ2v) is 4.41. The van der Waals surface area contributed by atoms with Crippen molar-refractivity contribution in [3.63, 3.8) is 0 Å². The molecule has 0 aromatic heterocycles. The lowest BCUT2D eigenvalue weighted by atomic mass is 10.3. The van der Waals surface area contributed by atoms with Crippen molar-refractivity contribution >= 4 is 27.8 Å². The zero-order chi connectivity index (χ0) is 13.7. The quantitative estimate of drug-likeness (QED) is 0.863. The highest BCUT2D eigenvalue weighted by Gasteiger charge is 2.14. The molecule has 1 amide bonds. The Bertz CT molecular complexity index is 466. The van der Waals surface area contributed by atoms with E-state index in [4.69, 9.17) is 9.84 Å². The van der Waals surface area contributed by atoms with E-state index in [2.05, 4.69) is 21.2 Å². The summed E-state index contributed by atoms with van der Waals surface area (Å²) in [7, 11) is 0. The van der Waals surface area contributed by atoms with E-state index in [0.29, 0.717) is 4.47 Å². The van der Waals surface area contributed by atoms with Crippen LogP contribution in [0.25, 0.3) is 0 Å². The third-order valence-corrected chi connectivity index (χ3v) is 2.49. The van der Waals surface area contributed by atoms with Crippen molar-refractivity contribution in [3.8, 4) is 5.75 Å². The Morgan fingerprint density at radius 3 is 2.78 bits per heavy atom. The van der Waals surface area contributed by atoms with E-state index in [1.54, 1.807) is 6.07 Å². The number of carbonyl (C=O) groups is 2. The molecule has 2 N–H and O–H groups in total. The van der Waals surface area contributed by atoms with Gasteiger partial charge in [-0.25, -0.2) is 4.39 Å². The first kappa shape index (κ1) is 14.4. The summed E-state index contributed by atoms with van der Waals surface area (Å²) < 4.78 is 18.8. The minimum absolute atomic E-state index is 0.0728. The predicted molar refractivity (Wildman–Crippen MR) is 64.8 cm³/mol. The first-order valence-electron chi connectivity index (χ1n) is 5.00. The molecule has 1 aromatic carbocycles. The second kappa shape index (κ2) is 6.34. The fourth-order valence-corrected chi connectivity index (χ4v) is 1.41. The Morgan fingerprint density at radius 1 is 1.56 bits per heavy atom. The number of ether oxygens (including phenoxy) is 1. The molecule has 98 valence electrons. The number of halogens is 2. The van der Waals surface area contributed by atoms with Crippen molar-refractivity contribution in [2.45, 2.75) is 13.0 Å². The molecule has 0 saturated carbocycles. The average Bonchev–Trinajstić information content (AvgIpc) is 2.27. The van der Waals surface area contributed by atoms with Gasteiger partial charge in [-0.2, -0.15) is 0 Å². The predicted octanol–water partition coefficient (Wildman–Crippen LogP) is 1.56.